The van der Waals surface area contributed by atoms with Gasteiger partial charge >= 0.3 is 17.9 Å². The number of allylic oxidation sites excluding steroid dienone is 12. The van der Waals surface area contributed by atoms with Crippen LogP contribution in [0.4, 0.5) is 0 Å². The lowest BCUT2D eigenvalue weighted by Crippen LogP contribution is -2.30. The summed E-state index contributed by atoms with van der Waals surface area (Å²) in [6.07, 6.45) is 70.6. The molecule has 0 fully saturated rings. The molecule has 0 aromatic heterocycles. The Kier molecular flexibility index (Phi) is 52.8. The summed E-state index contributed by atoms with van der Waals surface area (Å²) in [6.45, 7) is 6.46. The molecule has 0 amide bonds. The first-order valence-electron chi connectivity index (χ1n) is 28.4. The van der Waals surface area contributed by atoms with E-state index in [9.17, 15) is 14.4 Å². The number of carbonyl (C=O) groups is 3. The summed E-state index contributed by atoms with van der Waals surface area (Å²) in [6, 6.07) is 0. The second kappa shape index (κ2) is 55.4. The van der Waals surface area contributed by atoms with Gasteiger partial charge in [-0.25, -0.2) is 0 Å². The quantitative estimate of drug-likeness (QED) is 0.0262. The summed E-state index contributed by atoms with van der Waals surface area (Å²) in [4.78, 5) is 38.0. The van der Waals surface area contributed by atoms with Gasteiger partial charge in [-0.3, -0.25) is 14.4 Å². The molecule has 6 heteroatoms. The van der Waals surface area contributed by atoms with Gasteiger partial charge in [-0.1, -0.05) is 254 Å². The second-order valence-corrected chi connectivity index (χ2v) is 18.8. The fraction of sp³-hybridized carbons (Fsp3) is 0.754. The first-order valence-corrected chi connectivity index (χ1v) is 28.4. The van der Waals surface area contributed by atoms with Crippen LogP contribution in [0.25, 0.3) is 0 Å². The molecular weight excluding hydrogens is 829 g/mol. The van der Waals surface area contributed by atoms with Crippen LogP contribution in [0.5, 0.6) is 0 Å². The van der Waals surface area contributed by atoms with E-state index in [4.69, 9.17) is 14.2 Å². The van der Waals surface area contributed by atoms with E-state index in [2.05, 4.69) is 81.5 Å². The highest BCUT2D eigenvalue weighted by Crippen LogP contribution is 2.16. The Morgan fingerprint density at radius 3 is 0.970 bits per heavy atom. The summed E-state index contributed by atoms with van der Waals surface area (Å²) in [5.41, 5.74) is 0. The zero-order valence-corrected chi connectivity index (χ0v) is 44.2. The monoisotopic (exact) mass is 935 g/mol. The number of rotatable bonds is 51. The Hall–Kier alpha value is -3.15. The lowest BCUT2D eigenvalue weighted by molar-refractivity contribution is -0.166. The summed E-state index contributed by atoms with van der Waals surface area (Å²) in [5.74, 6) is -0.979. The Labute approximate surface area is 414 Å². The molecule has 0 rings (SSSR count). The SMILES string of the molecule is CC/C=C\C/C=C\C/C=C\C/C=C\CCC(=O)OC(COC(=O)CCCCCCCCCCCCC)COC(=O)CCCCCCCCCCCCCCC/C=C\C/C=C\CCCCCCC. The minimum Gasteiger partial charge on any atom is -0.462 e. The number of esters is 3. The fourth-order valence-corrected chi connectivity index (χ4v) is 7.96. The van der Waals surface area contributed by atoms with Crippen molar-refractivity contribution in [3.63, 3.8) is 0 Å². The average Bonchev–Trinajstić information content (AvgIpc) is 3.33. The van der Waals surface area contributed by atoms with Crippen molar-refractivity contribution in [3.05, 3.63) is 72.9 Å². The van der Waals surface area contributed by atoms with Gasteiger partial charge < -0.3 is 14.2 Å². The predicted octanol–water partition coefficient (Wildman–Crippen LogP) is 19.0. The van der Waals surface area contributed by atoms with Gasteiger partial charge in [0.15, 0.2) is 6.10 Å². The van der Waals surface area contributed by atoms with Crippen molar-refractivity contribution in [2.75, 3.05) is 13.2 Å². The number of carbonyl (C=O) groups excluding carboxylic acids is 3. The molecule has 0 heterocycles. The molecule has 0 aromatic rings. The molecule has 0 N–H and O–H groups in total. The Balaban J connectivity index is 4.26. The van der Waals surface area contributed by atoms with Crippen LogP contribution in [0, 0.1) is 0 Å². The predicted molar refractivity (Wildman–Crippen MR) is 288 cm³/mol. The lowest BCUT2D eigenvalue weighted by Gasteiger charge is -2.18. The van der Waals surface area contributed by atoms with E-state index in [1.807, 2.05) is 12.2 Å². The van der Waals surface area contributed by atoms with Gasteiger partial charge in [0.2, 0.25) is 0 Å². The zero-order valence-electron chi connectivity index (χ0n) is 44.2. The normalized spacial score (nSPS) is 12.6. The largest absolute Gasteiger partial charge is 0.462 e. The third-order valence-corrected chi connectivity index (χ3v) is 12.2. The van der Waals surface area contributed by atoms with Crippen molar-refractivity contribution in [2.24, 2.45) is 0 Å². The molecule has 67 heavy (non-hydrogen) atoms. The summed E-state index contributed by atoms with van der Waals surface area (Å²) < 4.78 is 16.7. The van der Waals surface area contributed by atoms with Gasteiger partial charge in [0.05, 0.1) is 0 Å². The van der Waals surface area contributed by atoms with E-state index in [0.717, 1.165) is 70.6 Å². The number of hydrogen-bond donors (Lipinski definition) is 0. The highest BCUT2D eigenvalue weighted by atomic mass is 16.6. The van der Waals surface area contributed by atoms with Crippen LogP contribution >= 0.6 is 0 Å². The third-order valence-electron chi connectivity index (χ3n) is 12.2. The fourth-order valence-electron chi connectivity index (χ4n) is 7.96. The smallest absolute Gasteiger partial charge is 0.306 e. The Morgan fingerprint density at radius 2 is 0.612 bits per heavy atom. The van der Waals surface area contributed by atoms with E-state index < -0.39 is 6.10 Å². The molecule has 0 spiro atoms. The van der Waals surface area contributed by atoms with Crippen molar-refractivity contribution in [1.82, 2.24) is 0 Å². The van der Waals surface area contributed by atoms with Gasteiger partial charge in [0, 0.05) is 19.3 Å². The summed E-state index contributed by atoms with van der Waals surface area (Å²) >= 11 is 0. The number of hydrogen-bond acceptors (Lipinski definition) is 6. The maximum Gasteiger partial charge on any atom is 0.306 e. The molecule has 0 saturated heterocycles. The molecule has 386 valence electrons. The van der Waals surface area contributed by atoms with Crippen LogP contribution < -0.4 is 0 Å². The van der Waals surface area contributed by atoms with Crippen molar-refractivity contribution in [2.45, 2.75) is 284 Å². The van der Waals surface area contributed by atoms with Crippen LogP contribution in [0.15, 0.2) is 72.9 Å². The topological polar surface area (TPSA) is 78.9 Å². The standard InChI is InChI=1S/C61H106O6/c1-4-7-10-13-16-19-22-24-25-26-27-28-29-30-31-32-33-34-35-37-39-42-45-48-51-54-60(63)66-57-58(56-65-59(62)53-50-47-44-41-38-21-18-15-12-9-6-3)67-61(64)55-52-49-46-43-40-36-23-20-17-14-11-8-5-2/h8,11,17,20,22,24,26-27,36,40,46,49,58H,4-7,9-10,12-16,18-19,21,23,25,28-35,37-39,41-45,47-48,50-57H2,1-3H3/b11-8-,20-17-,24-22-,27-26-,40-36-,49-46-. The van der Waals surface area contributed by atoms with E-state index in [0.29, 0.717) is 19.3 Å². The van der Waals surface area contributed by atoms with Crippen LogP contribution in [0.2, 0.25) is 0 Å². The summed E-state index contributed by atoms with van der Waals surface area (Å²) in [5, 5.41) is 0. The minimum atomic E-state index is -0.810. The molecule has 0 aliphatic heterocycles. The molecule has 0 saturated carbocycles. The van der Waals surface area contributed by atoms with Gasteiger partial charge in [0.1, 0.15) is 13.2 Å². The number of ether oxygens (including phenoxy) is 3. The lowest BCUT2D eigenvalue weighted by atomic mass is 10.0. The van der Waals surface area contributed by atoms with Gasteiger partial charge in [0.25, 0.3) is 0 Å². The molecule has 0 aliphatic rings. The van der Waals surface area contributed by atoms with Crippen molar-refractivity contribution < 1.29 is 28.6 Å². The van der Waals surface area contributed by atoms with Gasteiger partial charge in [-0.2, -0.15) is 0 Å². The Morgan fingerprint density at radius 1 is 0.313 bits per heavy atom. The van der Waals surface area contributed by atoms with Crippen LogP contribution in [0.3, 0.4) is 0 Å². The van der Waals surface area contributed by atoms with E-state index in [-0.39, 0.29) is 37.5 Å². The average molecular weight is 936 g/mol. The maximum atomic E-state index is 12.8. The first kappa shape index (κ1) is 63.8. The number of unbranched alkanes of at least 4 members (excludes halogenated alkanes) is 28. The zero-order chi connectivity index (χ0) is 48.6. The van der Waals surface area contributed by atoms with Crippen LogP contribution in [-0.2, 0) is 28.6 Å². The maximum absolute atomic E-state index is 12.8. The first-order chi connectivity index (χ1) is 33.0. The van der Waals surface area contributed by atoms with Crippen LogP contribution in [-0.4, -0.2) is 37.2 Å². The molecule has 0 radical (unpaired) electrons. The molecule has 6 nitrogen and oxygen atoms in total. The van der Waals surface area contributed by atoms with Crippen molar-refractivity contribution >= 4 is 17.9 Å². The molecular formula is C61H106O6. The van der Waals surface area contributed by atoms with Gasteiger partial charge in [-0.15, -0.1) is 0 Å². The minimum absolute atomic E-state index is 0.102. The van der Waals surface area contributed by atoms with Crippen molar-refractivity contribution in [3.8, 4) is 0 Å². The van der Waals surface area contributed by atoms with Crippen molar-refractivity contribution in [1.29, 1.82) is 0 Å². The van der Waals surface area contributed by atoms with Gasteiger partial charge in [-0.05, 0) is 77.0 Å². The van der Waals surface area contributed by atoms with E-state index >= 15 is 0 Å². The molecule has 0 bridgehead atoms. The van der Waals surface area contributed by atoms with Crippen LogP contribution in [0.1, 0.15) is 278 Å². The summed E-state index contributed by atoms with van der Waals surface area (Å²) in [7, 11) is 0. The third kappa shape index (κ3) is 53.7. The highest BCUT2D eigenvalue weighted by molar-refractivity contribution is 5.71. The highest BCUT2D eigenvalue weighted by Gasteiger charge is 2.19. The molecule has 0 aliphatic carbocycles. The molecule has 1 unspecified atom stereocenters. The second-order valence-electron chi connectivity index (χ2n) is 18.8. The van der Waals surface area contributed by atoms with E-state index in [1.54, 1.807) is 0 Å². The Bertz CT molecular complexity index is 1260. The molecule has 0 aromatic carbocycles. The van der Waals surface area contributed by atoms with E-state index in [1.165, 1.54) is 161 Å². The molecule has 1 atom stereocenters.